The third-order valence-electron chi connectivity index (χ3n) is 3.76. The lowest BCUT2D eigenvalue weighted by atomic mass is 9.94. The molecule has 0 aliphatic carbocycles. The standard InChI is InChI=1S/C21H16FNO/c1-14(2)21(24)19-13-23-20(16-6-4-3-5-7-16)12-18(19)15-8-10-17(22)11-9-15/h3-13H,1H2,2H3. The summed E-state index contributed by atoms with van der Waals surface area (Å²) in [5.74, 6) is -0.481. The molecule has 0 aliphatic rings. The molecule has 0 atom stereocenters. The normalized spacial score (nSPS) is 10.4. The Morgan fingerprint density at radius 3 is 2.29 bits per heavy atom. The first-order chi connectivity index (χ1) is 11.6. The minimum atomic E-state index is -0.316. The second-order valence-electron chi connectivity index (χ2n) is 5.60. The van der Waals surface area contributed by atoms with E-state index in [1.165, 1.54) is 12.1 Å². The van der Waals surface area contributed by atoms with Gasteiger partial charge in [-0.25, -0.2) is 4.39 Å². The molecule has 3 heteroatoms. The fraction of sp³-hybridized carbons (Fsp3) is 0.0476. The summed E-state index contributed by atoms with van der Waals surface area (Å²) < 4.78 is 13.2. The summed E-state index contributed by atoms with van der Waals surface area (Å²) in [7, 11) is 0. The molecule has 0 bridgehead atoms. The van der Waals surface area contributed by atoms with Crippen LogP contribution in [0.1, 0.15) is 17.3 Å². The number of allylic oxidation sites excluding steroid dienone is 1. The predicted octanol–water partition coefficient (Wildman–Crippen LogP) is 5.31. The highest BCUT2D eigenvalue weighted by atomic mass is 19.1. The summed E-state index contributed by atoms with van der Waals surface area (Å²) in [5.41, 5.74) is 4.10. The molecule has 24 heavy (non-hydrogen) atoms. The molecule has 0 N–H and O–H groups in total. The van der Waals surface area contributed by atoms with Gasteiger partial charge in [-0.15, -0.1) is 0 Å². The maximum Gasteiger partial charge on any atom is 0.190 e. The molecule has 2 nitrogen and oxygen atoms in total. The molecular weight excluding hydrogens is 301 g/mol. The summed E-state index contributed by atoms with van der Waals surface area (Å²) in [6, 6.07) is 17.7. The summed E-state index contributed by atoms with van der Waals surface area (Å²) in [5, 5.41) is 0. The van der Waals surface area contributed by atoms with E-state index < -0.39 is 0 Å². The third kappa shape index (κ3) is 3.15. The van der Waals surface area contributed by atoms with Gasteiger partial charge in [-0.2, -0.15) is 0 Å². The highest BCUT2D eigenvalue weighted by Crippen LogP contribution is 2.29. The second-order valence-corrected chi connectivity index (χ2v) is 5.60. The van der Waals surface area contributed by atoms with Crippen molar-refractivity contribution >= 4 is 5.78 Å². The molecule has 0 radical (unpaired) electrons. The average Bonchev–Trinajstić information content (AvgIpc) is 2.62. The van der Waals surface area contributed by atoms with Gasteiger partial charge in [0.1, 0.15) is 5.82 Å². The van der Waals surface area contributed by atoms with Gasteiger partial charge < -0.3 is 0 Å². The minimum Gasteiger partial charge on any atom is -0.289 e. The van der Waals surface area contributed by atoms with Gasteiger partial charge in [-0.1, -0.05) is 49.0 Å². The Kier molecular flexibility index (Phi) is 4.34. The van der Waals surface area contributed by atoms with Crippen LogP contribution in [-0.4, -0.2) is 10.8 Å². The largest absolute Gasteiger partial charge is 0.289 e. The van der Waals surface area contributed by atoms with Crippen LogP contribution in [0.3, 0.4) is 0 Å². The average molecular weight is 317 g/mol. The molecular formula is C21H16FNO. The third-order valence-corrected chi connectivity index (χ3v) is 3.76. The zero-order valence-electron chi connectivity index (χ0n) is 13.3. The summed E-state index contributed by atoms with van der Waals surface area (Å²) in [4.78, 5) is 16.9. The van der Waals surface area contributed by atoms with Crippen LogP contribution in [0.2, 0.25) is 0 Å². The van der Waals surface area contributed by atoms with Gasteiger partial charge in [-0.05, 0) is 41.8 Å². The lowest BCUT2D eigenvalue weighted by Gasteiger charge is -2.11. The molecule has 0 aliphatic heterocycles. The molecule has 0 fully saturated rings. The summed E-state index contributed by atoms with van der Waals surface area (Å²) in [6.45, 7) is 5.39. The first-order valence-corrected chi connectivity index (χ1v) is 7.58. The number of pyridine rings is 1. The van der Waals surface area contributed by atoms with Crippen molar-refractivity contribution in [2.24, 2.45) is 0 Å². The van der Waals surface area contributed by atoms with Gasteiger partial charge in [0.2, 0.25) is 0 Å². The molecule has 118 valence electrons. The molecule has 0 saturated carbocycles. The molecule has 0 unspecified atom stereocenters. The molecule has 2 aromatic carbocycles. The Morgan fingerprint density at radius 2 is 1.67 bits per heavy atom. The number of benzene rings is 2. The van der Waals surface area contributed by atoms with Crippen LogP contribution in [-0.2, 0) is 0 Å². The Labute approximate surface area is 140 Å². The topological polar surface area (TPSA) is 30.0 Å². The van der Waals surface area contributed by atoms with Crippen molar-refractivity contribution in [3.05, 3.63) is 90.4 Å². The van der Waals surface area contributed by atoms with E-state index in [1.807, 2.05) is 36.4 Å². The number of carbonyl (C=O) groups excluding carboxylic acids is 1. The van der Waals surface area contributed by atoms with E-state index >= 15 is 0 Å². The number of hydrogen-bond donors (Lipinski definition) is 0. The zero-order chi connectivity index (χ0) is 17.1. The van der Waals surface area contributed by atoms with Crippen LogP contribution >= 0.6 is 0 Å². The maximum absolute atomic E-state index is 13.2. The van der Waals surface area contributed by atoms with Crippen LogP contribution in [0.5, 0.6) is 0 Å². The van der Waals surface area contributed by atoms with Crippen molar-refractivity contribution in [2.75, 3.05) is 0 Å². The molecule has 3 aromatic rings. The Morgan fingerprint density at radius 1 is 1.00 bits per heavy atom. The van der Waals surface area contributed by atoms with E-state index in [2.05, 4.69) is 11.6 Å². The predicted molar refractivity (Wildman–Crippen MR) is 94.2 cm³/mol. The van der Waals surface area contributed by atoms with Crippen molar-refractivity contribution in [3.8, 4) is 22.4 Å². The van der Waals surface area contributed by atoms with Gasteiger partial charge in [-0.3, -0.25) is 9.78 Å². The lowest BCUT2D eigenvalue weighted by molar-refractivity contribution is 0.103. The molecule has 1 aromatic heterocycles. The number of nitrogens with zero attached hydrogens (tertiary/aromatic N) is 1. The quantitative estimate of drug-likeness (QED) is 0.482. The van der Waals surface area contributed by atoms with Gasteiger partial charge in [0, 0.05) is 17.3 Å². The van der Waals surface area contributed by atoms with Gasteiger partial charge in [0.15, 0.2) is 5.78 Å². The monoisotopic (exact) mass is 317 g/mol. The number of hydrogen-bond acceptors (Lipinski definition) is 2. The van der Waals surface area contributed by atoms with Crippen LogP contribution in [0.4, 0.5) is 4.39 Å². The van der Waals surface area contributed by atoms with E-state index in [4.69, 9.17) is 0 Å². The summed E-state index contributed by atoms with van der Waals surface area (Å²) in [6.07, 6.45) is 1.57. The Balaban J connectivity index is 2.19. The first kappa shape index (κ1) is 15.8. The van der Waals surface area contributed by atoms with Crippen molar-refractivity contribution in [2.45, 2.75) is 6.92 Å². The lowest BCUT2D eigenvalue weighted by Crippen LogP contribution is -2.04. The molecule has 0 spiro atoms. The van der Waals surface area contributed by atoms with Crippen LogP contribution in [0, 0.1) is 5.82 Å². The maximum atomic E-state index is 13.2. The van der Waals surface area contributed by atoms with Crippen LogP contribution in [0.15, 0.2) is 79.0 Å². The second kappa shape index (κ2) is 6.59. The number of aromatic nitrogens is 1. The van der Waals surface area contributed by atoms with Crippen molar-refractivity contribution in [1.29, 1.82) is 0 Å². The van der Waals surface area contributed by atoms with Crippen LogP contribution in [0.25, 0.3) is 22.4 Å². The van der Waals surface area contributed by atoms with E-state index in [0.717, 1.165) is 22.4 Å². The smallest absolute Gasteiger partial charge is 0.190 e. The van der Waals surface area contributed by atoms with Crippen LogP contribution < -0.4 is 0 Å². The number of rotatable bonds is 4. The number of ketones is 1. The number of Topliss-reactive ketones (excluding diaryl/α,β-unsaturated/α-hetero) is 1. The van der Waals surface area contributed by atoms with Crippen molar-refractivity contribution < 1.29 is 9.18 Å². The SMILES string of the molecule is C=C(C)C(=O)c1cnc(-c2ccccc2)cc1-c1ccc(F)cc1. The molecule has 1 heterocycles. The minimum absolute atomic E-state index is 0.165. The fourth-order valence-electron chi connectivity index (χ4n) is 2.50. The Bertz CT molecular complexity index is 899. The highest BCUT2D eigenvalue weighted by Gasteiger charge is 2.16. The van der Waals surface area contributed by atoms with Gasteiger partial charge >= 0.3 is 0 Å². The van der Waals surface area contributed by atoms with Gasteiger partial charge in [0.05, 0.1) is 5.69 Å². The number of halogens is 1. The highest BCUT2D eigenvalue weighted by molar-refractivity contribution is 6.12. The number of carbonyl (C=O) groups is 1. The molecule has 0 amide bonds. The van der Waals surface area contributed by atoms with E-state index in [0.29, 0.717) is 11.1 Å². The summed E-state index contributed by atoms with van der Waals surface area (Å²) >= 11 is 0. The van der Waals surface area contributed by atoms with Crippen molar-refractivity contribution in [3.63, 3.8) is 0 Å². The molecule has 0 saturated heterocycles. The Hall–Kier alpha value is -3.07. The van der Waals surface area contributed by atoms with Crippen molar-refractivity contribution in [1.82, 2.24) is 4.98 Å². The van der Waals surface area contributed by atoms with E-state index in [1.54, 1.807) is 25.3 Å². The molecule has 3 rings (SSSR count). The van der Waals surface area contributed by atoms with E-state index in [-0.39, 0.29) is 11.6 Å². The van der Waals surface area contributed by atoms with Gasteiger partial charge in [0.25, 0.3) is 0 Å². The van der Waals surface area contributed by atoms with E-state index in [9.17, 15) is 9.18 Å². The fourth-order valence-corrected chi connectivity index (χ4v) is 2.50. The first-order valence-electron chi connectivity index (χ1n) is 7.58. The zero-order valence-corrected chi connectivity index (χ0v) is 13.3.